The number of amides is 2. The van der Waals surface area contributed by atoms with Gasteiger partial charge in [0.1, 0.15) is 0 Å². The number of benzene rings is 1. The summed E-state index contributed by atoms with van der Waals surface area (Å²) in [6.07, 6.45) is 1.24. The molecule has 0 atom stereocenters. The summed E-state index contributed by atoms with van der Waals surface area (Å²) in [4.78, 5) is 23.6. The Kier molecular flexibility index (Phi) is 3.47. The van der Waals surface area contributed by atoms with Gasteiger partial charge in [0.15, 0.2) is 0 Å². The highest BCUT2D eigenvalue weighted by Gasteiger charge is 2.23. The van der Waals surface area contributed by atoms with Gasteiger partial charge in [0.2, 0.25) is 5.91 Å². The molecule has 90 valence electrons. The molecule has 0 aromatic heterocycles. The predicted molar refractivity (Wildman–Crippen MR) is 69.6 cm³/mol. The van der Waals surface area contributed by atoms with Crippen molar-refractivity contribution in [2.45, 2.75) is 12.8 Å². The summed E-state index contributed by atoms with van der Waals surface area (Å²) >= 11 is 2.81. The van der Waals surface area contributed by atoms with E-state index >= 15 is 0 Å². The maximum atomic E-state index is 11.5. The van der Waals surface area contributed by atoms with Crippen LogP contribution in [0.3, 0.4) is 0 Å². The van der Waals surface area contributed by atoms with Crippen molar-refractivity contribution in [2.75, 3.05) is 18.5 Å². The van der Waals surface area contributed by atoms with Gasteiger partial charge in [-0.15, -0.1) is 0 Å². The van der Waals surface area contributed by atoms with Gasteiger partial charge in [0.25, 0.3) is 4.82 Å². The number of hydrogen-bond acceptors (Lipinski definition) is 2. The zero-order valence-electron chi connectivity index (χ0n) is 9.50. The van der Waals surface area contributed by atoms with Crippen LogP contribution in [0, 0.1) is 0 Å². The summed E-state index contributed by atoms with van der Waals surface area (Å²) in [5.74, 6) is 0.130. The van der Waals surface area contributed by atoms with Crippen LogP contribution < -0.4 is 10.2 Å². The van der Waals surface area contributed by atoms with Gasteiger partial charge >= 0.3 is 0 Å². The molecule has 1 aromatic carbocycles. The maximum Gasteiger partial charge on any atom is 0.287 e. The van der Waals surface area contributed by atoms with Gasteiger partial charge in [0, 0.05) is 35.2 Å². The van der Waals surface area contributed by atoms with E-state index in [2.05, 4.69) is 21.2 Å². The minimum absolute atomic E-state index is 0.130. The number of halogens is 1. The molecule has 1 aliphatic rings. The van der Waals surface area contributed by atoms with E-state index in [1.165, 1.54) is 0 Å². The van der Waals surface area contributed by atoms with Crippen molar-refractivity contribution in [3.8, 4) is 0 Å². The first-order valence-electron chi connectivity index (χ1n) is 5.39. The highest BCUT2D eigenvalue weighted by molar-refractivity contribution is 9.18. The zero-order valence-corrected chi connectivity index (χ0v) is 11.1. The lowest BCUT2D eigenvalue weighted by Gasteiger charge is -2.10. The van der Waals surface area contributed by atoms with Crippen LogP contribution in [0.25, 0.3) is 0 Å². The molecule has 2 rings (SSSR count). The van der Waals surface area contributed by atoms with Gasteiger partial charge in [-0.25, -0.2) is 0 Å². The van der Waals surface area contributed by atoms with Crippen molar-refractivity contribution in [3.05, 3.63) is 29.3 Å². The SMILES string of the molecule is CN1C(=O)Cc2cc(CCNC(=O)Br)ccc21. The van der Waals surface area contributed by atoms with Gasteiger partial charge in [-0.3, -0.25) is 9.59 Å². The molecule has 1 aliphatic heterocycles. The molecule has 0 bridgehead atoms. The van der Waals surface area contributed by atoms with Crippen LogP contribution in [0.1, 0.15) is 11.1 Å². The van der Waals surface area contributed by atoms with E-state index in [1.54, 1.807) is 11.9 Å². The van der Waals surface area contributed by atoms with Crippen molar-refractivity contribution in [1.29, 1.82) is 0 Å². The average Bonchev–Trinajstić information content (AvgIpc) is 2.54. The number of carbonyl (C=O) groups excluding carboxylic acids is 2. The predicted octanol–water partition coefficient (Wildman–Crippen LogP) is 1.85. The molecular weight excluding hydrogens is 284 g/mol. The fourth-order valence-corrected chi connectivity index (χ4v) is 2.18. The van der Waals surface area contributed by atoms with E-state index in [9.17, 15) is 9.59 Å². The smallest absolute Gasteiger partial charge is 0.287 e. The molecule has 0 saturated heterocycles. The highest BCUT2D eigenvalue weighted by Crippen LogP contribution is 2.28. The summed E-state index contributed by atoms with van der Waals surface area (Å²) in [6.45, 7) is 0.590. The minimum atomic E-state index is -0.200. The van der Waals surface area contributed by atoms with E-state index in [0.717, 1.165) is 23.2 Å². The summed E-state index contributed by atoms with van der Waals surface area (Å²) in [7, 11) is 1.79. The molecule has 0 saturated carbocycles. The Morgan fingerprint density at radius 1 is 1.53 bits per heavy atom. The third kappa shape index (κ3) is 2.66. The number of rotatable bonds is 3. The molecular formula is C12H13BrN2O2. The number of nitrogens with one attached hydrogen (secondary N) is 1. The monoisotopic (exact) mass is 296 g/mol. The molecule has 1 N–H and O–H groups in total. The first-order valence-corrected chi connectivity index (χ1v) is 6.19. The Morgan fingerprint density at radius 3 is 3.00 bits per heavy atom. The van der Waals surface area contributed by atoms with E-state index in [-0.39, 0.29) is 10.7 Å². The molecule has 0 fully saturated rings. The second-order valence-electron chi connectivity index (χ2n) is 4.04. The molecule has 4 nitrogen and oxygen atoms in total. The molecule has 1 aromatic rings. The number of likely N-dealkylation sites (N-methyl/N-ethyl adjacent to an activating group) is 1. The van der Waals surface area contributed by atoms with Crippen LogP contribution in [-0.4, -0.2) is 24.3 Å². The minimum Gasteiger partial charge on any atom is -0.346 e. The average molecular weight is 297 g/mol. The van der Waals surface area contributed by atoms with E-state index in [1.807, 2.05) is 18.2 Å². The van der Waals surface area contributed by atoms with E-state index in [0.29, 0.717) is 13.0 Å². The third-order valence-electron chi connectivity index (χ3n) is 2.90. The lowest BCUT2D eigenvalue weighted by Crippen LogP contribution is -2.20. The van der Waals surface area contributed by atoms with Gasteiger partial charge < -0.3 is 10.2 Å². The number of nitrogens with zero attached hydrogens (tertiary/aromatic N) is 1. The summed E-state index contributed by atoms with van der Waals surface area (Å²) in [6, 6.07) is 6.00. The van der Waals surface area contributed by atoms with Gasteiger partial charge in [-0.2, -0.15) is 0 Å². The van der Waals surface area contributed by atoms with E-state index in [4.69, 9.17) is 0 Å². The van der Waals surface area contributed by atoms with Crippen LogP contribution in [0.15, 0.2) is 18.2 Å². The van der Waals surface area contributed by atoms with Crippen LogP contribution in [0.5, 0.6) is 0 Å². The van der Waals surface area contributed by atoms with Crippen LogP contribution in [0.2, 0.25) is 0 Å². The maximum absolute atomic E-state index is 11.5. The Morgan fingerprint density at radius 2 is 2.29 bits per heavy atom. The van der Waals surface area contributed by atoms with Gasteiger partial charge in [0.05, 0.1) is 6.42 Å². The summed E-state index contributed by atoms with van der Waals surface area (Å²) < 4.78 is 0. The topological polar surface area (TPSA) is 49.4 Å². The first kappa shape index (κ1) is 12.1. The zero-order chi connectivity index (χ0) is 12.4. The van der Waals surface area contributed by atoms with Gasteiger partial charge in [-0.05, 0) is 23.6 Å². The fraction of sp³-hybridized carbons (Fsp3) is 0.333. The normalized spacial score (nSPS) is 13.8. The Hall–Kier alpha value is -1.36. The first-order chi connectivity index (χ1) is 8.08. The number of carbonyl (C=O) groups is 2. The lowest BCUT2D eigenvalue weighted by atomic mass is 10.1. The van der Waals surface area contributed by atoms with Crippen LogP contribution in [-0.2, 0) is 17.6 Å². The molecule has 5 heteroatoms. The standard InChI is InChI=1S/C12H13BrN2O2/c1-15-10-3-2-8(4-5-14-12(13)17)6-9(10)7-11(15)16/h2-3,6H,4-5,7H2,1H3,(H,14,17). The Labute approximate surface area is 108 Å². The Balaban J connectivity index is 2.05. The van der Waals surface area contributed by atoms with Crippen LogP contribution >= 0.6 is 15.9 Å². The molecule has 0 unspecified atom stereocenters. The molecule has 17 heavy (non-hydrogen) atoms. The van der Waals surface area contributed by atoms with Crippen molar-refractivity contribution < 1.29 is 9.59 Å². The van der Waals surface area contributed by atoms with E-state index < -0.39 is 0 Å². The summed E-state index contributed by atoms with van der Waals surface area (Å²) in [5.41, 5.74) is 3.19. The number of fused-ring (bicyclic) bond motifs is 1. The Bertz CT molecular complexity index is 474. The second-order valence-corrected chi connectivity index (χ2v) is 4.76. The van der Waals surface area contributed by atoms with Crippen molar-refractivity contribution >= 4 is 32.3 Å². The third-order valence-corrected chi connectivity index (χ3v) is 3.18. The molecule has 1 heterocycles. The molecule has 2 amide bonds. The number of hydrogen-bond donors (Lipinski definition) is 1. The van der Waals surface area contributed by atoms with Gasteiger partial charge in [-0.1, -0.05) is 12.1 Å². The molecule has 0 spiro atoms. The summed E-state index contributed by atoms with van der Waals surface area (Å²) in [5, 5.41) is 2.68. The second kappa shape index (κ2) is 4.87. The van der Waals surface area contributed by atoms with Crippen molar-refractivity contribution in [3.63, 3.8) is 0 Å². The van der Waals surface area contributed by atoms with Crippen LogP contribution in [0.4, 0.5) is 10.5 Å². The van der Waals surface area contributed by atoms with Crippen molar-refractivity contribution in [1.82, 2.24) is 5.32 Å². The molecule has 0 radical (unpaired) electrons. The fourth-order valence-electron chi connectivity index (χ4n) is 1.98. The largest absolute Gasteiger partial charge is 0.346 e. The van der Waals surface area contributed by atoms with Crippen molar-refractivity contribution in [2.24, 2.45) is 0 Å². The quantitative estimate of drug-likeness (QED) is 0.684. The highest BCUT2D eigenvalue weighted by atomic mass is 79.9. The molecule has 0 aliphatic carbocycles. The lowest BCUT2D eigenvalue weighted by molar-refractivity contribution is -0.117. The number of anilines is 1.